The fourth-order valence-corrected chi connectivity index (χ4v) is 4.53. The number of alkyl halides is 1. The number of hydrogen-bond acceptors (Lipinski definition) is 8. The quantitative estimate of drug-likeness (QED) is 0.277. The molecule has 34 heavy (non-hydrogen) atoms. The number of ether oxygens (including phenoxy) is 2. The monoisotopic (exact) mass is 492 g/mol. The molecule has 1 unspecified atom stereocenters. The average molecular weight is 493 g/mol. The summed E-state index contributed by atoms with van der Waals surface area (Å²) >= 11 is 5.85. The highest BCUT2D eigenvalue weighted by atomic mass is 35.5. The lowest BCUT2D eigenvalue weighted by Crippen LogP contribution is -2.53. The van der Waals surface area contributed by atoms with E-state index in [1.54, 1.807) is 18.2 Å². The van der Waals surface area contributed by atoms with Crippen LogP contribution in [-0.4, -0.2) is 71.4 Å². The Morgan fingerprint density at radius 3 is 2.50 bits per heavy atom. The second kappa shape index (κ2) is 7.60. The molecule has 0 spiro atoms. The van der Waals surface area contributed by atoms with Crippen LogP contribution in [0.4, 0.5) is 10.2 Å². The molecule has 1 aliphatic heterocycles. The molecule has 1 saturated heterocycles. The van der Waals surface area contributed by atoms with E-state index in [2.05, 4.69) is 9.97 Å². The van der Waals surface area contributed by atoms with Gasteiger partial charge in [0.15, 0.2) is 18.0 Å². The zero-order valence-corrected chi connectivity index (χ0v) is 18.0. The van der Waals surface area contributed by atoms with Gasteiger partial charge >= 0.3 is 11.9 Å². The van der Waals surface area contributed by atoms with Crippen molar-refractivity contribution in [3.63, 3.8) is 0 Å². The molecule has 5 atom stereocenters. The van der Waals surface area contributed by atoms with E-state index in [1.165, 1.54) is 29.0 Å². The molecule has 1 aromatic carbocycles. The van der Waals surface area contributed by atoms with Gasteiger partial charge < -0.3 is 35.1 Å². The zero-order valence-electron chi connectivity index (χ0n) is 17.2. The van der Waals surface area contributed by atoms with Gasteiger partial charge in [0.25, 0.3) is 5.60 Å². The van der Waals surface area contributed by atoms with Crippen LogP contribution in [0.15, 0.2) is 42.6 Å². The minimum absolute atomic E-state index is 0.0702. The van der Waals surface area contributed by atoms with Crippen molar-refractivity contribution in [2.75, 3.05) is 5.73 Å². The summed E-state index contributed by atoms with van der Waals surface area (Å²) in [4.78, 5) is 31.9. The van der Waals surface area contributed by atoms with E-state index in [0.29, 0.717) is 10.9 Å². The second-order valence-electron chi connectivity index (χ2n) is 8.21. The molecule has 0 radical (unpaired) electrons. The summed E-state index contributed by atoms with van der Waals surface area (Å²) in [6.45, 7) is 0. The van der Waals surface area contributed by atoms with Gasteiger partial charge in [0.1, 0.15) is 23.7 Å². The molecule has 13 heteroatoms. The van der Waals surface area contributed by atoms with E-state index < -0.39 is 54.2 Å². The average Bonchev–Trinajstić information content (AvgIpc) is 3.05. The number of fused-ring (bicyclic) bond motifs is 2. The number of rotatable bonds is 7. The summed E-state index contributed by atoms with van der Waals surface area (Å²) in [6.07, 6.45) is -5.43. The van der Waals surface area contributed by atoms with Crippen LogP contribution in [0, 0.1) is 0 Å². The van der Waals surface area contributed by atoms with Crippen molar-refractivity contribution in [3.05, 3.63) is 53.4 Å². The predicted molar refractivity (Wildman–Crippen MR) is 114 cm³/mol. The molecule has 5 N–H and O–H groups in total. The standard InChI is InChI=1S/C21H18ClFN4O7/c22-19-25-14(24)10-6-7-27(15(10)26-19)16-11(23)21(32)12(33-16)13(21)34-20(17(28)29,18(30)31)8-9-4-2-1-3-5-9/h1-7,11-13,16,32H,8H2,(H,28,29)(H,30,31)(H2,24,25,26)/t11-,12-,13?,16-,21+/m1/s1. The summed E-state index contributed by atoms with van der Waals surface area (Å²) in [5, 5.41) is 30.7. The summed E-state index contributed by atoms with van der Waals surface area (Å²) < 4.78 is 27.8. The number of aromatic nitrogens is 3. The van der Waals surface area contributed by atoms with Gasteiger partial charge in [-0.2, -0.15) is 4.98 Å². The first-order chi connectivity index (χ1) is 16.1. The Bertz CT molecular complexity index is 1290. The lowest BCUT2D eigenvalue weighted by atomic mass is 9.94. The summed E-state index contributed by atoms with van der Waals surface area (Å²) in [7, 11) is 0. The second-order valence-corrected chi connectivity index (χ2v) is 8.55. The number of nitrogens with two attached hydrogens (primary N) is 1. The Morgan fingerprint density at radius 2 is 1.91 bits per heavy atom. The largest absolute Gasteiger partial charge is 0.479 e. The SMILES string of the molecule is Nc1nc(Cl)nc2c1ccn2[C@@H]1O[C@@H]2C(OC(Cc3ccccc3)(C(=O)O)C(=O)O)[C@]2(O)[C@@H]1F. The summed E-state index contributed by atoms with van der Waals surface area (Å²) in [5.41, 5.74) is 1.32. The highest BCUT2D eigenvalue weighted by Gasteiger charge is 2.80. The van der Waals surface area contributed by atoms with Crippen LogP contribution in [0.1, 0.15) is 11.8 Å². The van der Waals surface area contributed by atoms with Crippen LogP contribution >= 0.6 is 11.6 Å². The molecule has 3 heterocycles. The number of carboxylic acid groups (broad SMARTS) is 2. The first-order valence-electron chi connectivity index (χ1n) is 10.1. The van der Waals surface area contributed by atoms with Gasteiger partial charge in [-0.25, -0.2) is 19.0 Å². The lowest BCUT2D eigenvalue weighted by molar-refractivity contribution is -0.194. The van der Waals surface area contributed by atoms with Gasteiger partial charge in [-0.1, -0.05) is 30.3 Å². The van der Waals surface area contributed by atoms with E-state index >= 15 is 4.39 Å². The third-order valence-electron chi connectivity index (χ3n) is 6.22. The first kappa shape index (κ1) is 22.5. The Balaban J connectivity index is 1.42. The van der Waals surface area contributed by atoms with E-state index in [1.807, 2.05) is 0 Å². The molecule has 2 fully saturated rings. The Morgan fingerprint density at radius 1 is 1.24 bits per heavy atom. The van der Waals surface area contributed by atoms with Gasteiger partial charge in [-0.05, 0) is 23.2 Å². The lowest BCUT2D eigenvalue weighted by Gasteiger charge is -2.29. The number of nitrogens with zero attached hydrogens (tertiary/aromatic N) is 3. The molecule has 1 aliphatic carbocycles. The zero-order chi connectivity index (χ0) is 24.4. The van der Waals surface area contributed by atoms with E-state index in [9.17, 15) is 24.9 Å². The molecule has 2 aromatic heterocycles. The molecule has 0 bridgehead atoms. The van der Waals surface area contributed by atoms with Gasteiger partial charge in [0.2, 0.25) is 5.28 Å². The van der Waals surface area contributed by atoms with Gasteiger partial charge in [-0.15, -0.1) is 0 Å². The minimum atomic E-state index is -2.76. The maximum atomic E-state index is 15.5. The van der Waals surface area contributed by atoms with E-state index in [0.717, 1.165) is 0 Å². The number of carboxylic acids is 2. The van der Waals surface area contributed by atoms with Crippen molar-refractivity contribution >= 4 is 40.4 Å². The number of nitrogen functional groups attached to an aromatic ring is 1. The predicted octanol–water partition coefficient (Wildman–Crippen LogP) is 1.18. The van der Waals surface area contributed by atoms with Crippen molar-refractivity contribution < 1.29 is 38.8 Å². The number of halogens is 2. The molecule has 178 valence electrons. The first-order valence-corrected chi connectivity index (χ1v) is 10.5. The highest BCUT2D eigenvalue weighted by molar-refractivity contribution is 6.28. The van der Waals surface area contributed by atoms with E-state index in [-0.39, 0.29) is 16.7 Å². The fourth-order valence-electron chi connectivity index (χ4n) is 4.36. The van der Waals surface area contributed by atoms with Crippen LogP contribution in [0.3, 0.4) is 0 Å². The molecular formula is C21H18ClFN4O7. The van der Waals surface area contributed by atoms with Crippen molar-refractivity contribution in [1.29, 1.82) is 0 Å². The Kier molecular flexibility index (Phi) is 5.02. The number of carbonyl (C=O) groups is 2. The third kappa shape index (κ3) is 3.14. The Hall–Kier alpha value is -3.32. The molecule has 2 aliphatic rings. The number of anilines is 1. The summed E-state index contributed by atoms with van der Waals surface area (Å²) in [6, 6.07) is 9.50. The van der Waals surface area contributed by atoms with Crippen LogP contribution in [-0.2, 0) is 25.5 Å². The van der Waals surface area contributed by atoms with E-state index in [4.69, 9.17) is 26.8 Å². The number of benzene rings is 1. The van der Waals surface area contributed by atoms with Crippen molar-refractivity contribution in [1.82, 2.24) is 14.5 Å². The Labute approximate surface area is 195 Å². The molecule has 11 nitrogen and oxygen atoms in total. The van der Waals surface area contributed by atoms with Gasteiger partial charge in [0, 0.05) is 12.6 Å². The highest BCUT2D eigenvalue weighted by Crippen LogP contribution is 2.58. The van der Waals surface area contributed by atoms with Gasteiger partial charge in [0.05, 0.1) is 5.39 Å². The normalized spacial score (nSPS) is 28.1. The third-order valence-corrected chi connectivity index (χ3v) is 6.39. The van der Waals surface area contributed by atoms with Crippen LogP contribution in [0.2, 0.25) is 5.28 Å². The molecular weight excluding hydrogens is 475 g/mol. The maximum absolute atomic E-state index is 15.5. The number of aliphatic carboxylic acids is 2. The fraction of sp³-hybridized carbons (Fsp3) is 0.333. The molecule has 1 saturated carbocycles. The van der Waals surface area contributed by atoms with Crippen LogP contribution in [0.25, 0.3) is 11.0 Å². The topological polar surface area (TPSA) is 170 Å². The number of hydrogen-bond donors (Lipinski definition) is 4. The minimum Gasteiger partial charge on any atom is -0.479 e. The molecule has 3 aromatic rings. The van der Waals surface area contributed by atoms with Crippen LogP contribution < -0.4 is 5.73 Å². The van der Waals surface area contributed by atoms with Crippen molar-refractivity contribution in [2.24, 2.45) is 0 Å². The van der Waals surface area contributed by atoms with Crippen molar-refractivity contribution in [2.45, 2.75) is 42.2 Å². The molecule has 5 rings (SSSR count). The van der Waals surface area contributed by atoms with Gasteiger partial charge in [-0.3, -0.25) is 0 Å². The summed E-state index contributed by atoms with van der Waals surface area (Å²) in [5.74, 6) is -3.51. The van der Waals surface area contributed by atoms with Crippen molar-refractivity contribution in [3.8, 4) is 0 Å². The number of aliphatic hydroxyl groups is 1. The molecule has 0 amide bonds. The maximum Gasteiger partial charge on any atom is 0.348 e. The smallest absolute Gasteiger partial charge is 0.348 e. The van der Waals surface area contributed by atoms with Crippen LogP contribution in [0.5, 0.6) is 0 Å².